The van der Waals surface area contributed by atoms with Crippen molar-refractivity contribution in [2.45, 2.75) is 25.8 Å². The number of aryl methyl sites for hydroxylation is 2. The van der Waals surface area contributed by atoms with Crippen molar-refractivity contribution >= 4 is 22.6 Å². The van der Waals surface area contributed by atoms with Crippen LogP contribution in [-0.2, 0) is 19.9 Å². The lowest BCUT2D eigenvalue weighted by atomic mass is 10.0. The number of nitrogens with zero attached hydrogens (tertiary/aromatic N) is 2. The minimum Gasteiger partial charge on any atom is -0.313 e. The molecule has 0 spiro atoms. The summed E-state index contributed by atoms with van der Waals surface area (Å²) < 4.78 is 3.27. The molecule has 3 nitrogen and oxygen atoms in total. The van der Waals surface area contributed by atoms with E-state index in [1.165, 1.54) is 14.8 Å². The maximum Gasteiger partial charge on any atom is 0.0624 e. The van der Waals surface area contributed by atoms with Crippen LogP contribution in [0.15, 0.2) is 30.3 Å². The summed E-state index contributed by atoms with van der Waals surface area (Å²) in [6, 6.07) is 11.2. The zero-order valence-corrected chi connectivity index (χ0v) is 13.8. The van der Waals surface area contributed by atoms with E-state index in [-0.39, 0.29) is 0 Å². The first-order valence-corrected chi connectivity index (χ1v) is 7.66. The molecule has 19 heavy (non-hydrogen) atoms. The molecule has 0 amide bonds. The zero-order chi connectivity index (χ0) is 13.8. The molecule has 4 heteroatoms. The highest BCUT2D eigenvalue weighted by Crippen LogP contribution is 2.20. The number of rotatable bonds is 5. The van der Waals surface area contributed by atoms with Crippen LogP contribution in [-0.4, -0.2) is 16.8 Å². The number of aromatic nitrogens is 2. The lowest BCUT2D eigenvalue weighted by Crippen LogP contribution is -2.20. The van der Waals surface area contributed by atoms with Gasteiger partial charge < -0.3 is 5.32 Å². The van der Waals surface area contributed by atoms with Crippen molar-refractivity contribution in [3.8, 4) is 0 Å². The van der Waals surface area contributed by atoms with Crippen LogP contribution in [0.25, 0.3) is 0 Å². The van der Waals surface area contributed by atoms with Gasteiger partial charge in [-0.15, -0.1) is 0 Å². The van der Waals surface area contributed by atoms with Crippen molar-refractivity contribution in [2.75, 3.05) is 7.05 Å². The molecule has 0 bridgehead atoms. The summed E-state index contributed by atoms with van der Waals surface area (Å²) >= 11 is 2.36. The highest BCUT2D eigenvalue weighted by molar-refractivity contribution is 14.1. The Morgan fingerprint density at radius 1 is 1.37 bits per heavy atom. The summed E-state index contributed by atoms with van der Waals surface area (Å²) in [4.78, 5) is 0. The van der Waals surface area contributed by atoms with Gasteiger partial charge in [-0.3, -0.25) is 4.68 Å². The molecule has 0 saturated carbocycles. The summed E-state index contributed by atoms with van der Waals surface area (Å²) in [6.45, 7) is 2.14. The van der Waals surface area contributed by atoms with Crippen LogP contribution in [0.5, 0.6) is 0 Å². The van der Waals surface area contributed by atoms with Gasteiger partial charge in [-0.25, -0.2) is 0 Å². The summed E-state index contributed by atoms with van der Waals surface area (Å²) in [5, 5.41) is 7.92. The van der Waals surface area contributed by atoms with Gasteiger partial charge in [-0.2, -0.15) is 5.10 Å². The van der Waals surface area contributed by atoms with Gasteiger partial charge in [0.05, 0.1) is 5.69 Å². The topological polar surface area (TPSA) is 29.9 Å². The number of nitrogens with one attached hydrogen (secondary N) is 1. The normalized spacial score (nSPS) is 12.6. The number of likely N-dealkylation sites (N-methyl/N-ethyl adjacent to an activating group) is 1. The molecule has 0 radical (unpaired) electrons. The minimum atomic E-state index is 0.329. The third-order valence-corrected chi connectivity index (χ3v) is 4.07. The lowest BCUT2D eigenvalue weighted by Gasteiger charge is -2.17. The van der Waals surface area contributed by atoms with Crippen LogP contribution in [0, 0.1) is 3.57 Å². The number of benzene rings is 1. The first-order chi connectivity index (χ1) is 9.13. The van der Waals surface area contributed by atoms with Gasteiger partial charge in [-0.1, -0.05) is 19.1 Å². The van der Waals surface area contributed by atoms with Crippen LogP contribution in [0.2, 0.25) is 0 Å². The number of hydrogen-bond acceptors (Lipinski definition) is 2. The second-order valence-electron chi connectivity index (χ2n) is 4.70. The molecule has 0 fully saturated rings. The van der Waals surface area contributed by atoms with E-state index in [4.69, 9.17) is 0 Å². The average Bonchev–Trinajstić information content (AvgIpc) is 2.76. The Balaban J connectivity index is 2.21. The highest BCUT2D eigenvalue weighted by atomic mass is 127. The smallest absolute Gasteiger partial charge is 0.0624 e. The van der Waals surface area contributed by atoms with Crippen LogP contribution in [0.3, 0.4) is 0 Å². The van der Waals surface area contributed by atoms with Crippen LogP contribution in [0.1, 0.15) is 29.9 Å². The Hall–Kier alpha value is -0.880. The Bertz CT molecular complexity index is 548. The van der Waals surface area contributed by atoms with Crippen molar-refractivity contribution in [1.29, 1.82) is 0 Å². The number of halogens is 1. The van der Waals surface area contributed by atoms with Crippen LogP contribution in [0.4, 0.5) is 0 Å². The fourth-order valence-electron chi connectivity index (χ4n) is 2.25. The quantitative estimate of drug-likeness (QED) is 0.821. The van der Waals surface area contributed by atoms with E-state index in [2.05, 4.69) is 70.3 Å². The van der Waals surface area contributed by atoms with E-state index in [0.717, 1.165) is 18.5 Å². The molecule has 0 aliphatic carbocycles. The molecule has 1 N–H and O–H groups in total. The molecule has 2 aromatic rings. The molecule has 102 valence electrons. The Kier molecular flexibility index (Phi) is 4.99. The number of hydrogen-bond donors (Lipinski definition) is 1. The lowest BCUT2D eigenvalue weighted by molar-refractivity contribution is 0.561. The van der Waals surface area contributed by atoms with Crippen molar-refractivity contribution in [2.24, 2.45) is 7.05 Å². The maximum absolute atomic E-state index is 4.52. The third kappa shape index (κ3) is 3.57. The van der Waals surface area contributed by atoms with Crippen molar-refractivity contribution in [1.82, 2.24) is 15.1 Å². The van der Waals surface area contributed by atoms with E-state index in [1.54, 1.807) is 0 Å². The van der Waals surface area contributed by atoms with Gasteiger partial charge in [0.25, 0.3) is 0 Å². The van der Waals surface area contributed by atoms with E-state index in [9.17, 15) is 0 Å². The van der Waals surface area contributed by atoms with Crippen LogP contribution < -0.4 is 5.32 Å². The van der Waals surface area contributed by atoms with Crippen LogP contribution >= 0.6 is 22.6 Å². The SMILES string of the molecule is CCc1cc(CC(NC)c2cccc(I)c2)n(C)n1. The Labute approximate surface area is 128 Å². The minimum absolute atomic E-state index is 0.329. The second-order valence-corrected chi connectivity index (χ2v) is 5.95. The first kappa shape index (κ1) is 14.5. The van der Waals surface area contributed by atoms with Gasteiger partial charge in [0.1, 0.15) is 0 Å². The molecular weight excluding hydrogens is 349 g/mol. The van der Waals surface area contributed by atoms with Gasteiger partial charge in [0.2, 0.25) is 0 Å². The molecular formula is C15H20IN3. The molecule has 2 rings (SSSR count). The summed E-state index contributed by atoms with van der Waals surface area (Å²) in [7, 11) is 4.04. The van der Waals surface area contributed by atoms with Crippen molar-refractivity contribution in [3.63, 3.8) is 0 Å². The molecule has 0 aliphatic heterocycles. The van der Waals surface area contributed by atoms with Gasteiger partial charge >= 0.3 is 0 Å². The van der Waals surface area contributed by atoms with Crippen molar-refractivity contribution in [3.05, 3.63) is 50.9 Å². The summed E-state index contributed by atoms with van der Waals surface area (Å²) in [5.41, 5.74) is 3.76. The molecule has 1 heterocycles. The molecule has 1 atom stereocenters. The third-order valence-electron chi connectivity index (χ3n) is 3.40. The molecule has 1 unspecified atom stereocenters. The Morgan fingerprint density at radius 3 is 2.74 bits per heavy atom. The summed E-state index contributed by atoms with van der Waals surface area (Å²) in [6.07, 6.45) is 1.95. The second kappa shape index (κ2) is 6.52. The largest absolute Gasteiger partial charge is 0.313 e. The van der Waals surface area contributed by atoms with Crippen molar-refractivity contribution < 1.29 is 0 Å². The molecule has 1 aromatic heterocycles. The monoisotopic (exact) mass is 369 g/mol. The van der Waals surface area contributed by atoms with Gasteiger partial charge in [0.15, 0.2) is 0 Å². The Morgan fingerprint density at radius 2 is 2.16 bits per heavy atom. The predicted octanol–water partition coefficient (Wildman–Crippen LogP) is 3.09. The van der Waals surface area contributed by atoms with Gasteiger partial charge in [0, 0.05) is 28.8 Å². The van der Waals surface area contributed by atoms with E-state index in [1.807, 2.05) is 18.8 Å². The fourth-order valence-corrected chi connectivity index (χ4v) is 2.82. The molecule has 0 aliphatic rings. The first-order valence-electron chi connectivity index (χ1n) is 6.58. The fraction of sp³-hybridized carbons (Fsp3) is 0.400. The average molecular weight is 369 g/mol. The highest BCUT2D eigenvalue weighted by Gasteiger charge is 2.13. The van der Waals surface area contributed by atoms with Gasteiger partial charge in [-0.05, 0) is 59.8 Å². The summed E-state index contributed by atoms with van der Waals surface area (Å²) in [5.74, 6) is 0. The van der Waals surface area contributed by atoms with E-state index >= 15 is 0 Å². The van der Waals surface area contributed by atoms with E-state index < -0.39 is 0 Å². The predicted molar refractivity (Wildman–Crippen MR) is 87.2 cm³/mol. The van der Waals surface area contributed by atoms with E-state index in [0.29, 0.717) is 6.04 Å². The molecule has 0 saturated heterocycles. The maximum atomic E-state index is 4.52. The standard InChI is InChI=1S/C15H20IN3/c1-4-13-9-14(19(3)18-13)10-15(17-2)11-6-5-7-12(16)8-11/h5-9,15,17H,4,10H2,1-3H3. The zero-order valence-electron chi connectivity index (χ0n) is 11.7. The molecule has 1 aromatic carbocycles.